The number of fused-ring (bicyclic) bond motifs is 2. The van der Waals surface area contributed by atoms with Crippen molar-refractivity contribution in [3.63, 3.8) is 0 Å². The zero-order chi connectivity index (χ0) is 19.6. The molecule has 0 atom stereocenters. The maximum absolute atomic E-state index is 13.0. The molecule has 1 aliphatic rings. The average Bonchev–Trinajstić information content (AvgIpc) is 3.04. The quantitative estimate of drug-likeness (QED) is 0.542. The van der Waals surface area contributed by atoms with Gasteiger partial charge in [-0.3, -0.25) is 14.8 Å². The molecule has 0 fully saturated rings. The van der Waals surface area contributed by atoms with Gasteiger partial charge in [-0.2, -0.15) is 5.10 Å². The minimum absolute atomic E-state index is 0.00724. The van der Waals surface area contributed by atoms with Gasteiger partial charge in [0.1, 0.15) is 5.82 Å². The highest BCUT2D eigenvalue weighted by Gasteiger charge is 2.22. The van der Waals surface area contributed by atoms with Crippen LogP contribution in [0.3, 0.4) is 0 Å². The summed E-state index contributed by atoms with van der Waals surface area (Å²) in [6.07, 6.45) is 4.71. The standard InChI is InChI=1S/C22H20N6O/c29-22(17-6-7-18-19(15-17)24-10-9-23-18)27-11-8-21-25-20(26-28(21)13-12-27)14-16-4-2-1-3-5-16/h1-7,9-10,15H,8,11-14H2. The monoisotopic (exact) mass is 384 g/mol. The molecule has 1 aliphatic heterocycles. The first-order valence-electron chi connectivity index (χ1n) is 9.73. The third-order valence-electron chi connectivity index (χ3n) is 5.19. The van der Waals surface area contributed by atoms with E-state index in [0.29, 0.717) is 31.6 Å². The van der Waals surface area contributed by atoms with Crippen molar-refractivity contribution in [3.8, 4) is 0 Å². The molecule has 5 rings (SSSR count). The Balaban J connectivity index is 1.30. The molecule has 0 aliphatic carbocycles. The molecule has 7 heteroatoms. The summed E-state index contributed by atoms with van der Waals surface area (Å²) < 4.78 is 1.94. The molecule has 0 spiro atoms. The third kappa shape index (κ3) is 3.59. The van der Waals surface area contributed by atoms with Crippen molar-refractivity contribution in [2.45, 2.75) is 19.4 Å². The van der Waals surface area contributed by atoms with Crippen LogP contribution < -0.4 is 0 Å². The van der Waals surface area contributed by atoms with Crippen LogP contribution in [0.25, 0.3) is 11.0 Å². The minimum Gasteiger partial charge on any atom is -0.336 e. The Morgan fingerprint density at radius 3 is 2.62 bits per heavy atom. The van der Waals surface area contributed by atoms with E-state index in [1.165, 1.54) is 5.56 Å². The Morgan fingerprint density at radius 2 is 1.76 bits per heavy atom. The van der Waals surface area contributed by atoms with Gasteiger partial charge in [-0.15, -0.1) is 0 Å². The summed E-state index contributed by atoms with van der Waals surface area (Å²) in [7, 11) is 0. The Morgan fingerprint density at radius 1 is 0.931 bits per heavy atom. The smallest absolute Gasteiger partial charge is 0.254 e. The molecule has 0 N–H and O–H groups in total. The topological polar surface area (TPSA) is 76.8 Å². The number of hydrogen-bond acceptors (Lipinski definition) is 5. The number of carbonyl (C=O) groups is 1. The zero-order valence-electron chi connectivity index (χ0n) is 15.9. The first-order valence-corrected chi connectivity index (χ1v) is 9.73. The molecule has 7 nitrogen and oxygen atoms in total. The fraction of sp³-hybridized carbons (Fsp3) is 0.227. The van der Waals surface area contributed by atoms with E-state index in [1.807, 2.05) is 46.0 Å². The molecule has 2 aromatic carbocycles. The Hall–Kier alpha value is -3.61. The number of carbonyl (C=O) groups excluding carboxylic acids is 1. The third-order valence-corrected chi connectivity index (χ3v) is 5.19. The highest BCUT2D eigenvalue weighted by atomic mass is 16.2. The lowest BCUT2D eigenvalue weighted by atomic mass is 10.1. The second kappa shape index (κ2) is 7.43. The number of amides is 1. The molecule has 3 heterocycles. The minimum atomic E-state index is 0.00724. The normalized spacial score (nSPS) is 13.9. The number of aromatic nitrogens is 5. The first-order chi connectivity index (χ1) is 14.3. The highest BCUT2D eigenvalue weighted by molar-refractivity contribution is 5.97. The summed E-state index contributed by atoms with van der Waals surface area (Å²) in [5, 5.41) is 4.66. The zero-order valence-corrected chi connectivity index (χ0v) is 15.9. The number of hydrogen-bond donors (Lipinski definition) is 0. The largest absolute Gasteiger partial charge is 0.336 e. The second-order valence-corrected chi connectivity index (χ2v) is 7.13. The van der Waals surface area contributed by atoms with E-state index in [1.54, 1.807) is 12.4 Å². The van der Waals surface area contributed by atoms with Crippen LogP contribution in [0.1, 0.15) is 27.6 Å². The molecule has 144 valence electrons. The van der Waals surface area contributed by atoms with Gasteiger partial charge in [-0.05, 0) is 23.8 Å². The average molecular weight is 384 g/mol. The van der Waals surface area contributed by atoms with Crippen LogP contribution in [-0.2, 0) is 19.4 Å². The predicted molar refractivity (Wildman–Crippen MR) is 108 cm³/mol. The van der Waals surface area contributed by atoms with E-state index in [9.17, 15) is 4.79 Å². The predicted octanol–water partition coefficient (Wildman–Crippen LogP) is 2.51. The van der Waals surface area contributed by atoms with Crippen LogP contribution in [0.4, 0.5) is 0 Å². The van der Waals surface area contributed by atoms with Crippen LogP contribution in [0.2, 0.25) is 0 Å². The summed E-state index contributed by atoms with van der Waals surface area (Å²) in [5.74, 6) is 1.78. The van der Waals surface area contributed by atoms with Crippen LogP contribution in [0.5, 0.6) is 0 Å². The molecule has 0 unspecified atom stereocenters. The van der Waals surface area contributed by atoms with E-state index in [-0.39, 0.29) is 5.91 Å². The van der Waals surface area contributed by atoms with Crippen molar-refractivity contribution in [2.24, 2.45) is 0 Å². The van der Waals surface area contributed by atoms with Gasteiger partial charge in [0.05, 0.1) is 17.6 Å². The van der Waals surface area contributed by atoms with E-state index >= 15 is 0 Å². The van der Waals surface area contributed by atoms with Crippen LogP contribution in [0.15, 0.2) is 60.9 Å². The van der Waals surface area contributed by atoms with Crippen molar-refractivity contribution in [1.82, 2.24) is 29.6 Å². The fourth-order valence-corrected chi connectivity index (χ4v) is 3.69. The Kier molecular flexibility index (Phi) is 4.48. The lowest BCUT2D eigenvalue weighted by Gasteiger charge is -2.20. The van der Waals surface area contributed by atoms with Gasteiger partial charge < -0.3 is 4.90 Å². The molecule has 2 aromatic heterocycles. The Labute approximate surface area is 168 Å². The van der Waals surface area contributed by atoms with E-state index in [2.05, 4.69) is 27.2 Å². The van der Waals surface area contributed by atoms with Gasteiger partial charge in [0, 0.05) is 43.9 Å². The van der Waals surface area contributed by atoms with Gasteiger partial charge in [-0.1, -0.05) is 30.3 Å². The van der Waals surface area contributed by atoms with Crippen LogP contribution in [-0.4, -0.2) is 48.6 Å². The van der Waals surface area contributed by atoms with Gasteiger partial charge in [0.15, 0.2) is 5.82 Å². The maximum atomic E-state index is 13.0. The van der Waals surface area contributed by atoms with E-state index in [0.717, 1.165) is 29.1 Å². The molecular weight excluding hydrogens is 364 g/mol. The van der Waals surface area contributed by atoms with Gasteiger partial charge in [0.25, 0.3) is 5.91 Å². The van der Waals surface area contributed by atoms with Crippen molar-refractivity contribution in [2.75, 3.05) is 13.1 Å². The molecule has 4 aromatic rings. The number of rotatable bonds is 3. The van der Waals surface area contributed by atoms with Crippen LogP contribution in [0, 0.1) is 0 Å². The van der Waals surface area contributed by atoms with Crippen molar-refractivity contribution >= 4 is 16.9 Å². The van der Waals surface area contributed by atoms with Crippen molar-refractivity contribution in [3.05, 3.63) is 83.7 Å². The van der Waals surface area contributed by atoms with Gasteiger partial charge in [-0.25, -0.2) is 9.67 Å². The molecule has 0 bridgehead atoms. The number of benzene rings is 2. The lowest BCUT2D eigenvalue weighted by Crippen LogP contribution is -2.33. The van der Waals surface area contributed by atoms with Crippen molar-refractivity contribution in [1.29, 1.82) is 0 Å². The van der Waals surface area contributed by atoms with Gasteiger partial charge in [0.2, 0.25) is 0 Å². The summed E-state index contributed by atoms with van der Waals surface area (Å²) in [6.45, 7) is 1.88. The summed E-state index contributed by atoms with van der Waals surface area (Å²) in [5.41, 5.74) is 3.35. The molecule has 1 amide bonds. The van der Waals surface area contributed by atoms with Crippen molar-refractivity contribution < 1.29 is 4.79 Å². The molecule has 0 saturated carbocycles. The van der Waals surface area contributed by atoms with E-state index < -0.39 is 0 Å². The molecule has 0 saturated heterocycles. The summed E-state index contributed by atoms with van der Waals surface area (Å²) in [4.78, 5) is 28.1. The molecular formula is C22H20N6O. The van der Waals surface area contributed by atoms with E-state index in [4.69, 9.17) is 4.98 Å². The number of nitrogens with zero attached hydrogens (tertiary/aromatic N) is 6. The highest BCUT2D eigenvalue weighted by Crippen LogP contribution is 2.16. The summed E-state index contributed by atoms with van der Waals surface area (Å²) >= 11 is 0. The lowest BCUT2D eigenvalue weighted by molar-refractivity contribution is 0.0758. The first kappa shape index (κ1) is 17.5. The SMILES string of the molecule is O=C(c1ccc2nccnc2c1)N1CCc2nc(Cc3ccccc3)nn2CC1. The molecule has 0 radical (unpaired) electrons. The molecule has 29 heavy (non-hydrogen) atoms. The summed E-state index contributed by atoms with van der Waals surface area (Å²) in [6, 6.07) is 15.7. The van der Waals surface area contributed by atoms with Gasteiger partial charge >= 0.3 is 0 Å². The maximum Gasteiger partial charge on any atom is 0.254 e. The van der Waals surface area contributed by atoms with Crippen LogP contribution >= 0.6 is 0 Å². The Bertz CT molecular complexity index is 1140. The second-order valence-electron chi connectivity index (χ2n) is 7.13. The fourth-order valence-electron chi connectivity index (χ4n) is 3.69.